The fourth-order valence-corrected chi connectivity index (χ4v) is 1.51. The van der Waals surface area contributed by atoms with Crippen LogP contribution in [0.3, 0.4) is 0 Å². The van der Waals surface area contributed by atoms with Crippen LogP contribution in [0.4, 0.5) is 0 Å². The highest BCUT2D eigenvalue weighted by Crippen LogP contribution is 2.20. The van der Waals surface area contributed by atoms with Crippen molar-refractivity contribution in [2.75, 3.05) is 0 Å². The summed E-state index contributed by atoms with van der Waals surface area (Å²) in [6, 6.07) is 5.57. The van der Waals surface area contributed by atoms with Crippen LogP contribution in [0.2, 0.25) is 0 Å². The Morgan fingerprint density at radius 3 is 2.50 bits per heavy atom. The van der Waals surface area contributed by atoms with E-state index in [0.717, 1.165) is 0 Å². The number of nitrogens with zero attached hydrogens (tertiary/aromatic N) is 1. The van der Waals surface area contributed by atoms with E-state index in [-0.39, 0.29) is 16.7 Å². The molecule has 0 saturated heterocycles. The van der Waals surface area contributed by atoms with E-state index < -0.39 is 23.2 Å². The molecule has 18 heavy (non-hydrogen) atoms. The standard InChI is InChI=1S/C12H10ClNO4/c1-6(13)10(15)9-4-7(11(16)12(17)18)2-3-8(9)5-14/h2-4,6,11,16H,1H3,(H,17,18). The summed E-state index contributed by atoms with van der Waals surface area (Å²) >= 11 is 5.65. The smallest absolute Gasteiger partial charge is 0.337 e. The van der Waals surface area contributed by atoms with Crippen LogP contribution in [0.25, 0.3) is 0 Å². The Bertz CT molecular complexity index is 533. The molecule has 0 spiro atoms. The Morgan fingerprint density at radius 1 is 1.44 bits per heavy atom. The molecule has 2 unspecified atom stereocenters. The number of carbonyl (C=O) groups excluding carboxylic acids is 1. The molecule has 0 aliphatic rings. The molecular weight excluding hydrogens is 258 g/mol. The minimum absolute atomic E-state index is 0.0119. The van der Waals surface area contributed by atoms with Gasteiger partial charge in [0.05, 0.1) is 17.0 Å². The van der Waals surface area contributed by atoms with Crippen molar-refractivity contribution in [2.45, 2.75) is 18.4 Å². The predicted octanol–water partition coefficient (Wildman–Crippen LogP) is 1.49. The number of hydrogen-bond donors (Lipinski definition) is 2. The molecule has 0 amide bonds. The second kappa shape index (κ2) is 5.63. The lowest BCUT2D eigenvalue weighted by atomic mass is 9.97. The molecule has 0 aromatic heterocycles. The highest BCUT2D eigenvalue weighted by Gasteiger charge is 2.21. The van der Waals surface area contributed by atoms with Crippen molar-refractivity contribution in [3.8, 4) is 6.07 Å². The number of aliphatic hydroxyl groups excluding tert-OH is 1. The molecular formula is C12H10ClNO4. The van der Waals surface area contributed by atoms with Gasteiger partial charge in [-0.2, -0.15) is 5.26 Å². The largest absolute Gasteiger partial charge is 0.479 e. The van der Waals surface area contributed by atoms with Crippen molar-refractivity contribution in [2.24, 2.45) is 0 Å². The number of alkyl halides is 1. The summed E-state index contributed by atoms with van der Waals surface area (Å²) in [7, 11) is 0. The Balaban J connectivity index is 3.31. The molecule has 0 heterocycles. The van der Waals surface area contributed by atoms with E-state index in [4.69, 9.17) is 22.0 Å². The first kappa shape index (κ1) is 14.2. The third-order valence-corrected chi connectivity index (χ3v) is 2.54. The second-order valence-electron chi connectivity index (χ2n) is 3.64. The number of carboxylic acids is 1. The number of halogens is 1. The van der Waals surface area contributed by atoms with Gasteiger partial charge < -0.3 is 10.2 Å². The van der Waals surface area contributed by atoms with Crippen molar-refractivity contribution < 1.29 is 19.8 Å². The van der Waals surface area contributed by atoms with Crippen LogP contribution in [0.5, 0.6) is 0 Å². The molecule has 0 aliphatic heterocycles. The number of carbonyl (C=O) groups is 2. The number of carboxylic acid groups (broad SMARTS) is 1. The van der Waals surface area contributed by atoms with Gasteiger partial charge >= 0.3 is 5.97 Å². The Morgan fingerprint density at radius 2 is 2.06 bits per heavy atom. The average molecular weight is 268 g/mol. The second-order valence-corrected chi connectivity index (χ2v) is 4.29. The van der Waals surface area contributed by atoms with Gasteiger partial charge in [-0.15, -0.1) is 11.6 Å². The molecule has 2 atom stereocenters. The van der Waals surface area contributed by atoms with Gasteiger partial charge in [0.15, 0.2) is 11.9 Å². The number of rotatable bonds is 4. The molecule has 0 aliphatic carbocycles. The number of aliphatic hydroxyl groups is 1. The predicted molar refractivity (Wildman–Crippen MR) is 63.4 cm³/mol. The van der Waals surface area contributed by atoms with Gasteiger partial charge in [-0.3, -0.25) is 4.79 Å². The van der Waals surface area contributed by atoms with Gasteiger partial charge in [0.1, 0.15) is 0 Å². The molecule has 0 fully saturated rings. The Labute approximate surface area is 108 Å². The summed E-state index contributed by atoms with van der Waals surface area (Å²) in [5, 5.41) is 26.1. The molecule has 6 heteroatoms. The first-order chi connectivity index (χ1) is 8.38. The molecule has 5 nitrogen and oxygen atoms in total. The molecule has 1 aromatic rings. The topological polar surface area (TPSA) is 98.4 Å². The number of nitriles is 1. The fourth-order valence-electron chi connectivity index (χ4n) is 1.39. The maximum Gasteiger partial charge on any atom is 0.337 e. The summed E-state index contributed by atoms with van der Waals surface area (Å²) < 4.78 is 0. The summed E-state index contributed by atoms with van der Waals surface area (Å²) in [4.78, 5) is 22.4. The van der Waals surface area contributed by atoms with Gasteiger partial charge in [0.25, 0.3) is 0 Å². The van der Waals surface area contributed by atoms with Gasteiger partial charge in [-0.1, -0.05) is 6.07 Å². The van der Waals surface area contributed by atoms with Crippen LogP contribution in [0, 0.1) is 11.3 Å². The van der Waals surface area contributed by atoms with Crippen molar-refractivity contribution in [3.63, 3.8) is 0 Å². The Hall–Kier alpha value is -1.90. The number of aliphatic carboxylic acids is 1. The molecule has 2 N–H and O–H groups in total. The minimum Gasteiger partial charge on any atom is -0.479 e. The average Bonchev–Trinajstić information content (AvgIpc) is 2.35. The van der Waals surface area contributed by atoms with Gasteiger partial charge in [0.2, 0.25) is 0 Å². The monoisotopic (exact) mass is 267 g/mol. The third kappa shape index (κ3) is 2.86. The fraction of sp³-hybridized carbons (Fsp3) is 0.250. The minimum atomic E-state index is -1.74. The lowest BCUT2D eigenvalue weighted by Gasteiger charge is -2.10. The highest BCUT2D eigenvalue weighted by atomic mass is 35.5. The van der Waals surface area contributed by atoms with E-state index in [1.165, 1.54) is 25.1 Å². The van der Waals surface area contributed by atoms with E-state index in [2.05, 4.69) is 0 Å². The lowest BCUT2D eigenvalue weighted by molar-refractivity contribution is -0.146. The van der Waals surface area contributed by atoms with Gasteiger partial charge in [-0.25, -0.2) is 4.79 Å². The zero-order valence-electron chi connectivity index (χ0n) is 9.42. The normalized spacial score (nSPS) is 13.4. The van der Waals surface area contributed by atoms with Crippen LogP contribution in [0.15, 0.2) is 18.2 Å². The molecule has 0 saturated carbocycles. The zero-order valence-corrected chi connectivity index (χ0v) is 10.2. The number of benzene rings is 1. The first-order valence-electron chi connectivity index (χ1n) is 5.01. The van der Waals surface area contributed by atoms with Gasteiger partial charge in [0, 0.05) is 5.56 Å². The number of Topliss-reactive ketones (excluding diaryl/α,β-unsaturated/α-hetero) is 1. The SMILES string of the molecule is CC(Cl)C(=O)c1cc(C(O)C(=O)O)ccc1C#N. The van der Waals surface area contributed by atoms with Crippen LogP contribution >= 0.6 is 11.6 Å². The van der Waals surface area contributed by atoms with Crippen LogP contribution in [-0.4, -0.2) is 27.3 Å². The van der Waals surface area contributed by atoms with Crippen LogP contribution in [0.1, 0.15) is 34.5 Å². The van der Waals surface area contributed by atoms with E-state index in [9.17, 15) is 14.7 Å². The molecule has 1 rings (SSSR count). The molecule has 94 valence electrons. The van der Waals surface area contributed by atoms with Crippen molar-refractivity contribution in [3.05, 3.63) is 34.9 Å². The van der Waals surface area contributed by atoms with Crippen molar-refractivity contribution in [1.82, 2.24) is 0 Å². The van der Waals surface area contributed by atoms with E-state index in [1.54, 1.807) is 0 Å². The number of hydrogen-bond acceptors (Lipinski definition) is 4. The highest BCUT2D eigenvalue weighted by molar-refractivity contribution is 6.33. The van der Waals surface area contributed by atoms with Crippen LogP contribution < -0.4 is 0 Å². The summed E-state index contributed by atoms with van der Waals surface area (Å²) in [6.07, 6.45) is -1.74. The van der Waals surface area contributed by atoms with E-state index in [0.29, 0.717) is 0 Å². The third-order valence-electron chi connectivity index (χ3n) is 2.34. The van der Waals surface area contributed by atoms with Crippen molar-refractivity contribution in [1.29, 1.82) is 5.26 Å². The molecule has 0 bridgehead atoms. The summed E-state index contributed by atoms with van der Waals surface area (Å²) in [6.45, 7) is 1.45. The zero-order chi connectivity index (χ0) is 13.9. The maximum absolute atomic E-state index is 11.8. The summed E-state index contributed by atoms with van der Waals surface area (Å²) in [5.41, 5.74) is 0.133. The van der Waals surface area contributed by atoms with Crippen LogP contribution in [-0.2, 0) is 4.79 Å². The summed E-state index contributed by atoms with van der Waals surface area (Å²) in [5.74, 6) is -1.93. The number of ketones is 1. The quantitative estimate of drug-likeness (QED) is 0.636. The van der Waals surface area contributed by atoms with Gasteiger partial charge in [-0.05, 0) is 24.6 Å². The van der Waals surface area contributed by atoms with Crippen molar-refractivity contribution >= 4 is 23.4 Å². The molecule has 1 aromatic carbocycles. The Kier molecular flexibility index (Phi) is 4.43. The van der Waals surface area contributed by atoms with E-state index in [1.807, 2.05) is 6.07 Å². The molecule has 0 radical (unpaired) electrons. The lowest BCUT2D eigenvalue weighted by Crippen LogP contribution is -2.15. The maximum atomic E-state index is 11.8. The van der Waals surface area contributed by atoms with E-state index >= 15 is 0 Å². The first-order valence-corrected chi connectivity index (χ1v) is 5.45.